The molecule has 3 N–H and O–H groups in total. The van der Waals surface area contributed by atoms with E-state index in [4.69, 9.17) is 16.6 Å². The van der Waals surface area contributed by atoms with Crippen LogP contribution >= 0.6 is 23.6 Å². The van der Waals surface area contributed by atoms with E-state index in [0.717, 1.165) is 10.2 Å². The summed E-state index contributed by atoms with van der Waals surface area (Å²) in [5.74, 6) is 0.0480. The second kappa shape index (κ2) is 7.89. The molecule has 3 aromatic rings. The third-order valence-corrected chi connectivity index (χ3v) is 4.25. The molecule has 0 saturated carbocycles. The summed E-state index contributed by atoms with van der Waals surface area (Å²) in [6.07, 6.45) is 4.39. The van der Waals surface area contributed by atoms with Gasteiger partial charge in [-0.2, -0.15) is 0 Å². The van der Waals surface area contributed by atoms with Gasteiger partial charge in [-0.15, -0.1) is 0 Å². The van der Waals surface area contributed by atoms with Crippen LogP contribution in [-0.4, -0.2) is 21.9 Å². The van der Waals surface area contributed by atoms with Crippen LogP contribution in [0.1, 0.15) is 12.7 Å². The molecule has 0 aliphatic heterocycles. The molecule has 0 aliphatic carbocycles. The molecule has 0 bridgehead atoms. The molecule has 1 aromatic carbocycles. The van der Waals surface area contributed by atoms with Gasteiger partial charge in [-0.3, -0.25) is 14.9 Å². The minimum atomic E-state index is -0.382. The van der Waals surface area contributed by atoms with Gasteiger partial charge in [-0.25, -0.2) is 4.98 Å². The van der Waals surface area contributed by atoms with E-state index in [1.165, 1.54) is 30.6 Å². The molecule has 3 rings (SSSR count). The number of anilines is 2. The lowest BCUT2D eigenvalue weighted by molar-refractivity contribution is -0.115. The Kier molecular flexibility index (Phi) is 5.40. The molecule has 0 saturated heterocycles. The molecular formula is C17H14N4O3S2. The fraction of sp³-hybridized carbons (Fsp3) is 0.0588. The van der Waals surface area contributed by atoms with Gasteiger partial charge >= 0.3 is 0 Å². The third kappa shape index (κ3) is 4.74. The molecule has 0 unspecified atom stereocenters. The van der Waals surface area contributed by atoms with Crippen molar-refractivity contribution in [2.24, 2.45) is 0 Å². The summed E-state index contributed by atoms with van der Waals surface area (Å²) in [4.78, 5) is 27.4. The van der Waals surface area contributed by atoms with E-state index < -0.39 is 0 Å². The smallest absolute Gasteiger partial charge is 0.250 e. The summed E-state index contributed by atoms with van der Waals surface area (Å²) in [7, 11) is 0. The highest BCUT2D eigenvalue weighted by molar-refractivity contribution is 7.80. The minimum absolute atomic E-state index is 0.139. The largest absolute Gasteiger partial charge is 0.465 e. The van der Waals surface area contributed by atoms with E-state index in [1.807, 2.05) is 6.07 Å². The number of amides is 2. The Labute approximate surface area is 158 Å². The number of hydrogen-bond acceptors (Lipinski definition) is 6. The first-order valence-electron chi connectivity index (χ1n) is 7.51. The lowest BCUT2D eigenvalue weighted by atomic mass is 10.3. The molecule has 0 spiro atoms. The normalized spacial score (nSPS) is 10.8. The molecule has 0 radical (unpaired) electrons. The number of furan rings is 1. The van der Waals surface area contributed by atoms with Gasteiger partial charge in [0.1, 0.15) is 5.76 Å². The number of carbonyl (C=O) groups is 2. The van der Waals surface area contributed by atoms with Gasteiger partial charge < -0.3 is 15.1 Å². The predicted octanol–water partition coefficient (Wildman–Crippen LogP) is 3.37. The number of benzene rings is 1. The van der Waals surface area contributed by atoms with Crippen LogP contribution in [0, 0.1) is 0 Å². The average Bonchev–Trinajstić information content (AvgIpc) is 3.20. The lowest BCUT2D eigenvalue weighted by Gasteiger charge is -2.04. The Bertz CT molecular complexity index is 993. The predicted molar refractivity (Wildman–Crippen MR) is 106 cm³/mol. The molecule has 2 amide bonds. The van der Waals surface area contributed by atoms with Gasteiger partial charge in [0.2, 0.25) is 11.8 Å². The number of rotatable bonds is 4. The molecule has 2 aromatic heterocycles. The van der Waals surface area contributed by atoms with Crippen molar-refractivity contribution in [3.05, 3.63) is 48.4 Å². The minimum Gasteiger partial charge on any atom is -0.465 e. The van der Waals surface area contributed by atoms with Crippen LogP contribution in [0.2, 0.25) is 0 Å². The summed E-state index contributed by atoms with van der Waals surface area (Å²) in [6, 6.07) is 8.86. The van der Waals surface area contributed by atoms with E-state index >= 15 is 0 Å². The number of nitrogens with zero attached hydrogens (tertiary/aromatic N) is 1. The Morgan fingerprint density at radius 2 is 2.12 bits per heavy atom. The van der Waals surface area contributed by atoms with Gasteiger partial charge in [-0.05, 0) is 48.6 Å². The second-order valence-electron chi connectivity index (χ2n) is 5.17. The van der Waals surface area contributed by atoms with Crippen LogP contribution in [0.3, 0.4) is 0 Å². The zero-order valence-corrected chi connectivity index (χ0v) is 15.2. The van der Waals surface area contributed by atoms with E-state index in [-0.39, 0.29) is 16.9 Å². The maximum Gasteiger partial charge on any atom is 0.250 e. The molecule has 26 heavy (non-hydrogen) atoms. The van der Waals surface area contributed by atoms with Crippen molar-refractivity contribution < 1.29 is 14.0 Å². The monoisotopic (exact) mass is 386 g/mol. The van der Waals surface area contributed by atoms with Crippen LogP contribution in [0.4, 0.5) is 10.8 Å². The SMILES string of the molecule is CC(=O)Nc1ccc2nc(NC(=S)NC(=O)C=Cc3ccco3)sc2c1. The van der Waals surface area contributed by atoms with Crippen LogP contribution in [0.5, 0.6) is 0 Å². The van der Waals surface area contributed by atoms with Crippen LogP contribution in [0.15, 0.2) is 47.1 Å². The van der Waals surface area contributed by atoms with Gasteiger partial charge in [-0.1, -0.05) is 11.3 Å². The zero-order valence-electron chi connectivity index (χ0n) is 13.6. The van der Waals surface area contributed by atoms with Crippen LogP contribution < -0.4 is 16.0 Å². The average molecular weight is 386 g/mol. The van der Waals surface area contributed by atoms with Crippen molar-refractivity contribution in [2.75, 3.05) is 10.6 Å². The number of thiocarbonyl (C=S) groups is 1. The molecule has 0 aliphatic rings. The van der Waals surface area contributed by atoms with Crippen molar-refractivity contribution >= 4 is 67.6 Å². The Morgan fingerprint density at radius 1 is 1.27 bits per heavy atom. The number of thiazole rings is 1. The summed E-state index contributed by atoms with van der Waals surface area (Å²) in [5.41, 5.74) is 1.46. The van der Waals surface area contributed by atoms with Gasteiger partial charge in [0.05, 0.1) is 16.5 Å². The third-order valence-electron chi connectivity index (χ3n) is 3.11. The summed E-state index contributed by atoms with van der Waals surface area (Å²) in [5, 5.41) is 8.81. The van der Waals surface area contributed by atoms with Crippen molar-refractivity contribution in [3.8, 4) is 0 Å². The quantitative estimate of drug-likeness (QED) is 0.470. The number of fused-ring (bicyclic) bond motifs is 1. The number of nitrogens with one attached hydrogen (secondary N) is 3. The van der Waals surface area contributed by atoms with E-state index in [2.05, 4.69) is 20.9 Å². The molecule has 0 atom stereocenters. The fourth-order valence-corrected chi connectivity index (χ4v) is 3.26. The summed E-state index contributed by atoms with van der Waals surface area (Å²) in [6.45, 7) is 1.45. The highest BCUT2D eigenvalue weighted by atomic mass is 32.1. The van der Waals surface area contributed by atoms with E-state index in [1.54, 1.807) is 30.3 Å². The lowest BCUT2D eigenvalue weighted by Crippen LogP contribution is -2.32. The van der Waals surface area contributed by atoms with Gasteiger partial charge in [0.25, 0.3) is 0 Å². The van der Waals surface area contributed by atoms with Crippen molar-refractivity contribution in [3.63, 3.8) is 0 Å². The van der Waals surface area contributed by atoms with Crippen molar-refractivity contribution in [1.29, 1.82) is 0 Å². The standard InChI is InChI=1S/C17H14N4O3S2/c1-10(22)18-11-4-6-13-14(9-11)26-17(19-13)21-16(25)20-15(23)7-5-12-3-2-8-24-12/h2-9H,1H3,(H,18,22)(H2,19,20,21,23,25). The Morgan fingerprint density at radius 3 is 2.85 bits per heavy atom. The number of hydrogen-bond donors (Lipinski definition) is 3. The van der Waals surface area contributed by atoms with Crippen LogP contribution in [0.25, 0.3) is 16.3 Å². The highest BCUT2D eigenvalue weighted by Crippen LogP contribution is 2.28. The van der Waals surface area contributed by atoms with Gasteiger partial charge in [0, 0.05) is 18.7 Å². The first-order valence-corrected chi connectivity index (χ1v) is 8.74. The zero-order chi connectivity index (χ0) is 18.5. The van der Waals surface area contributed by atoms with E-state index in [0.29, 0.717) is 16.6 Å². The number of aromatic nitrogens is 1. The molecule has 7 nitrogen and oxygen atoms in total. The highest BCUT2D eigenvalue weighted by Gasteiger charge is 2.08. The summed E-state index contributed by atoms with van der Waals surface area (Å²) < 4.78 is 5.98. The molecule has 9 heteroatoms. The van der Waals surface area contributed by atoms with E-state index in [9.17, 15) is 9.59 Å². The first kappa shape index (κ1) is 17.8. The molecular weight excluding hydrogens is 372 g/mol. The maximum atomic E-state index is 11.8. The van der Waals surface area contributed by atoms with Crippen molar-refractivity contribution in [1.82, 2.24) is 10.3 Å². The topological polar surface area (TPSA) is 96.3 Å². The van der Waals surface area contributed by atoms with Crippen molar-refractivity contribution in [2.45, 2.75) is 6.92 Å². The fourth-order valence-electron chi connectivity index (χ4n) is 2.08. The Hall–Kier alpha value is -3.04. The molecule has 132 valence electrons. The first-order chi connectivity index (χ1) is 12.5. The van der Waals surface area contributed by atoms with Gasteiger partial charge in [0.15, 0.2) is 10.2 Å². The number of carbonyl (C=O) groups excluding carboxylic acids is 2. The van der Waals surface area contributed by atoms with Crippen LogP contribution in [-0.2, 0) is 9.59 Å². The summed E-state index contributed by atoms with van der Waals surface area (Å²) >= 11 is 6.48. The maximum absolute atomic E-state index is 11.8. The Balaban J connectivity index is 1.61. The molecule has 2 heterocycles. The second-order valence-corrected chi connectivity index (χ2v) is 6.61. The molecule has 0 fully saturated rings.